The smallest absolute Gasteiger partial charge is 0.374 e. The molecule has 4 N–H and O–H groups in total. The third-order valence-electron chi connectivity index (χ3n) is 9.01. The molecule has 0 radical (unpaired) electrons. The Morgan fingerprint density at radius 3 is 2.07 bits per heavy atom. The zero-order valence-corrected chi connectivity index (χ0v) is 34.2. The lowest BCUT2D eigenvalue weighted by Gasteiger charge is -2.22. The van der Waals surface area contributed by atoms with Crippen LogP contribution in [-0.4, -0.2) is 79.9 Å². The van der Waals surface area contributed by atoms with Crippen molar-refractivity contribution in [2.75, 3.05) is 38.7 Å². The summed E-state index contributed by atoms with van der Waals surface area (Å²) < 4.78 is 39.6. The summed E-state index contributed by atoms with van der Waals surface area (Å²) in [7, 11) is 3.86. The van der Waals surface area contributed by atoms with Crippen molar-refractivity contribution in [2.45, 2.75) is 82.6 Å². The summed E-state index contributed by atoms with van der Waals surface area (Å²) in [6.07, 6.45) is 5.56. The van der Waals surface area contributed by atoms with E-state index in [1.165, 1.54) is 36.4 Å². The van der Waals surface area contributed by atoms with Gasteiger partial charge in [-0.25, -0.2) is 9.59 Å². The Labute approximate surface area is 342 Å². The molecule has 17 heteroatoms. The van der Waals surface area contributed by atoms with Crippen molar-refractivity contribution in [3.63, 3.8) is 0 Å². The third-order valence-corrected chi connectivity index (χ3v) is 12.0. The minimum atomic E-state index is -1.10. The molecular weight excluding hydrogens is 791 g/mol. The molecule has 1 fully saturated rings. The molecule has 1 aliphatic rings. The number of unbranched alkanes of at least 4 members (excludes halogenated alkanes) is 3. The van der Waals surface area contributed by atoms with Gasteiger partial charge in [0, 0.05) is 29.7 Å². The molecule has 2 aromatic carbocycles. The van der Waals surface area contributed by atoms with E-state index in [9.17, 15) is 24.0 Å². The Bertz CT molecular complexity index is 2170. The number of hydrogen-bond acceptors (Lipinski definition) is 16. The van der Waals surface area contributed by atoms with E-state index >= 15 is 0 Å². The van der Waals surface area contributed by atoms with Crippen molar-refractivity contribution in [1.29, 1.82) is 5.41 Å². The van der Waals surface area contributed by atoms with Gasteiger partial charge in [-0.15, -0.1) is 0 Å². The summed E-state index contributed by atoms with van der Waals surface area (Å²) in [5, 5.41) is 11.2. The number of hydrogen-bond donors (Lipinski definition) is 3. The van der Waals surface area contributed by atoms with Crippen molar-refractivity contribution >= 4 is 67.3 Å². The molecule has 0 saturated carbocycles. The summed E-state index contributed by atoms with van der Waals surface area (Å²) >= 11 is 0. The maximum atomic E-state index is 13.4. The molecule has 2 unspecified atom stereocenters. The summed E-state index contributed by atoms with van der Waals surface area (Å²) in [6, 6.07) is 10.3. The molecule has 4 aromatic rings. The highest BCUT2D eigenvalue weighted by Gasteiger charge is 2.24. The Hall–Kier alpha value is -5.00. The Morgan fingerprint density at radius 2 is 1.50 bits per heavy atom. The van der Waals surface area contributed by atoms with Gasteiger partial charge in [-0.3, -0.25) is 19.8 Å². The molecule has 1 saturated heterocycles. The number of esters is 3. The lowest BCUT2D eigenvalue weighted by atomic mass is 10.1. The molecule has 0 spiro atoms. The number of carbonyl (C=O) groups excluding carboxylic acids is 3. The van der Waals surface area contributed by atoms with Crippen LogP contribution in [0, 0.1) is 5.41 Å². The summed E-state index contributed by atoms with van der Waals surface area (Å²) in [6.45, 7) is 3.50. The van der Waals surface area contributed by atoms with E-state index in [0.29, 0.717) is 43.3 Å². The number of fused-ring (bicyclic) bond motifs is 2. The maximum Gasteiger partial charge on any atom is 0.374 e. The van der Waals surface area contributed by atoms with Crippen molar-refractivity contribution in [1.82, 2.24) is 5.32 Å². The van der Waals surface area contributed by atoms with Crippen LogP contribution in [0.3, 0.4) is 0 Å². The molecule has 58 heavy (non-hydrogen) atoms. The van der Waals surface area contributed by atoms with Gasteiger partial charge in [0.25, 0.3) is 0 Å². The molecule has 5 rings (SSSR count). The molecule has 312 valence electrons. The largest absolute Gasteiger partial charge is 0.489 e. The lowest BCUT2D eigenvalue weighted by Crippen LogP contribution is -2.39. The maximum absolute atomic E-state index is 13.4. The minimum Gasteiger partial charge on any atom is -0.489 e. The van der Waals surface area contributed by atoms with Crippen LogP contribution in [0.2, 0.25) is 0 Å². The summed E-state index contributed by atoms with van der Waals surface area (Å²) in [4.78, 5) is 64.7. The fraction of sp³-hybridized carbons (Fsp3) is 0.463. The molecule has 2 aromatic heterocycles. The fourth-order valence-corrected chi connectivity index (χ4v) is 9.10. The molecule has 0 bridgehead atoms. The first-order valence-corrected chi connectivity index (χ1v) is 21.7. The van der Waals surface area contributed by atoms with Crippen LogP contribution in [0.15, 0.2) is 67.0 Å². The van der Waals surface area contributed by atoms with Gasteiger partial charge >= 0.3 is 17.9 Å². The zero-order chi connectivity index (χ0) is 41.4. The quantitative estimate of drug-likeness (QED) is 0.0195. The second kappa shape index (κ2) is 22.2. The highest BCUT2D eigenvalue weighted by atomic mass is 33.1. The standard InChI is InChI=1S/C41H49N3O12S2/c1-3-50-40(48)35-21-29(45)37-31(13-9-15-33(37)55-35)52-23-26(54-39(47)28(43)12-6-7-18-44-25(2)42)24-53-32-14-10-16-34-38(32)30(46)22-36(56-34)41(49)51-19-8-4-5-11-27-17-20-57-58-27/h9-10,13-16,21-22,26-28H,3-8,11-12,17-20,23-24,43H2,1-2H3,(H2,42,44)/t26?,27?,28-/m0/s1. The van der Waals surface area contributed by atoms with Crippen LogP contribution < -0.4 is 31.4 Å². The highest BCUT2D eigenvalue weighted by Crippen LogP contribution is 2.40. The van der Waals surface area contributed by atoms with E-state index < -0.39 is 40.9 Å². The van der Waals surface area contributed by atoms with Gasteiger partial charge in [0.2, 0.25) is 11.5 Å². The van der Waals surface area contributed by atoms with E-state index in [-0.39, 0.29) is 71.4 Å². The second-order valence-electron chi connectivity index (χ2n) is 13.6. The Kier molecular flexibility index (Phi) is 16.9. The molecular formula is C41H49N3O12S2. The van der Waals surface area contributed by atoms with Crippen LogP contribution >= 0.6 is 21.6 Å². The van der Waals surface area contributed by atoms with Gasteiger partial charge in [0.1, 0.15) is 52.7 Å². The lowest BCUT2D eigenvalue weighted by molar-refractivity contribution is -0.154. The van der Waals surface area contributed by atoms with Crippen molar-refractivity contribution < 1.29 is 46.9 Å². The summed E-state index contributed by atoms with van der Waals surface area (Å²) in [5.74, 6) is -1.03. The highest BCUT2D eigenvalue weighted by molar-refractivity contribution is 8.77. The monoisotopic (exact) mass is 839 g/mol. The van der Waals surface area contributed by atoms with E-state index in [4.69, 9.17) is 43.7 Å². The first-order chi connectivity index (χ1) is 28.0. The zero-order valence-electron chi connectivity index (χ0n) is 32.5. The summed E-state index contributed by atoms with van der Waals surface area (Å²) in [5.41, 5.74) is 5.25. The van der Waals surface area contributed by atoms with Crippen LogP contribution in [0.1, 0.15) is 86.3 Å². The van der Waals surface area contributed by atoms with Crippen molar-refractivity contribution in [3.05, 3.63) is 80.5 Å². The first kappa shape index (κ1) is 44.1. The Morgan fingerprint density at radius 1 is 0.879 bits per heavy atom. The average Bonchev–Trinajstić information content (AvgIpc) is 3.73. The van der Waals surface area contributed by atoms with E-state index in [1.54, 1.807) is 26.0 Å². The predicted octanol–water partition coefficient (Wildman–Crippen LogP) is 6.40. The third kappa shape index (κ3) is 12.8. The Balaban J connectivity index is 1.27. The van der Waals surface area contributed by atoms with Crippen LogP contribution in [0.25, 0.3) is 21.9 Å². The molecule has 0 aliphatic carbocycles. The first-order valence-electron chi connectivity index (χ1n) is 19.3. The predicted molar refractivity (Wildman–Crippen MR) is 222 cm³/mol. The van der Waals surface area contributed by atoms with Crippen LogP contribution in [-0.2, 0) is 19.0 Å². The molecule has 3 atom stereocenters. The van der Waals surface area contributed by atoms with Gasteiger partial charge in [-0.2, -0.15) is 0 Å². The number of amidine groups is 1. The van der Waals surface area contributed by atoms with Crippen LogP contribution in [0.4, 0.5) is 0 Å². The average molecular weight is 840 g/mol. The molecule has 0 amide bonds. The normalized spacial score (nSPS) is 14.8. The number of benzene rings is 2. The molecule has 3 heterocycles. The molecule has 15 nitrogen and oxygen atoms in total. The van der Waals surface area contributed by atoms with Gasteiger partial charge in [-0.1, -0.05) is 46.6 Å². The second-order valence-corrected chi connectivity index (χ2v) is 16.4. The van der Waals surface area contributed by atoms with Gasteiger partial charge in [-0.05, 0) is 76.6 Å². The SMILES string of the molecule is CCOC(=O)c1cc(=O)c2c(OCC(COc3cccc4oc(C(=O)OCCCCCC5CCSS5)cc(=O)c34)OC(=O)[C@@H](N)CCCCNC(C)=N)cccc2o1. The number of carbonyl (C=O) groups is 3. The number of ether oxygens (including phenoxy) is 5. The van der Waals surface area contributed by atoms with Crippen molar-refractivity contribution in [2.24, 2.45) is 5.73 Å². The number of nitrogens with two attached hydrogens (primary N) is 1. The number of nitrogens with one attached hydrogen (secondary N) is 2. The fourth-order valence-electron chi connectivity index (χ4n) is 6.07. The van der Waals surface area contributed by atoms with E-state index in [1.807, 2.05) is 21.6 Å². The van der Waals surface area contributed by atoms with Crippen molar-refractivity contribution in [3.8, 4) is 11.5 Å². The van der Waals surface area contributed by atoms with E-state index in [2.05, 4.69) is 5.32 Å². The van der Waals surface area contributed by atoms with Gasteiger partial charge in [0.05, 0.1) is 19.0 Å². The van der Waals surface area contributed by atoms with E-state index in [0.717, 1.165) is 31.4 Å². The number of rotatable bonds is 22. The van der Waals surface area contributed by atoms with Crippen LogP contribution in [0.5, 0.6) is 11.5 Å². The van der Waals surface area contributed by atoms with Gasteiger partial charge in [0.15, 0.2) is 17.0 Å². The van der Waals surface area contributed by atoms with Gasteiger partial charge < -0.3 is 43.6 Å². The molecule has 1 aliphatic heterocycles. The topological polar surface area (TPSA) is 220 Å². The minimum absolute atomic E-state index is 0.0470.